The molecular formula is C18H21N5O2S. The Morgan fingerprint density at radius 3 is 3.04 bits per heavy atom. The zero-order valence-corrected chi connectivity index (χ0v) is 15.3. The molecule has 0 aromatic carbocycles. The lowest BCUT2D eigenvalue weighted by molar-refractivity contribution is 0.182. The van der Waals surface area contributed by atoms with E-state index in [1.807, 2.05) is 11.8 Å². The summed E-state index contributed by atoms with van der Waals surface area (Å²) >= 11 is 1.86. The smallest absolute Gasteiger partial charge is 0.267 e. The second-order valence-corrected chi connectivity index (χ2v) is 8.22. The molecule has 3 aliphatic rings. The van der Waals surface area contributed by atoms with Crippen molar-refractivity contribution in [2.24, 2.45) is 0 Å². The minimum absolute atomic E-state index is 0.0371. The Morgan fingerprint density at radius 1 is 1.12 bits per heavy atom. The monoisotopic (exact) mass is 371 g/mol. The number of ether oxygens (including phenoxy) is 1. The number of hydrogen-bond donors (Lipinski definition) is 1. The van der Waals surface area contributed by atoms with Crippen molar-refractivity contribution in [3.63, 3.8) is 0 Å². The van der Waals surface area contributed by atoms with Crippen LogP contribution in [0.25, 0.3) is 0 Å². The molecule has 136 valence electrons. The van der Waals surface area contributed by atoms with Crippen LogP contribution < -0.4 is 10.9 Å². The van der Waals surface area contributed by atoms with Gasteiger partial charge in [-0.05, 0) is 42.2 Å². The number of nitrogens with one attached hydrogen (secondary N) is 1. The largest absolute Gasteiger partial charge is 0.377 e. The summed E-state index contributed by atoms with van der Waals surface area (Å²) < 4.78 is 7.28. The van der Waals surface area contributed by atoms with Gasteiger partial charge in [0.1, 0.15) is 11.9 Å². The second-order valence-electron chi connectivity index (χ2n) is 7.11. The van der Waals surface area contributed by atoms with Crippen LogP contribution in [0.2, 0.25) is 0 Å². The first kappa shape index (κ1) is 16.3. The molecule has 1 aliphatic carbocycles. The molecule has 5 rings (SSSR count). The molecule has 4 heterocycles. The van der Waals surface area contributed by atoms with Crippen molar-refractivity contribution in [2.45, 2.75) is 43.5 Å². The summed E-state index contributed by atoms with van der Waals surface area (Å²) in [5, 5.41) is 16.7. The number of aromatic nitrogens is 4. The van der Waals surface area contributed by atoms with Gasteiger partial charge in [0.25, 0.3) is 5.56 Å². The van der Waals surface area contributed by atoms with Gasteiger partial charge in [0.2, 0.25) is 0 Å². The highest BCUT2D eigenvalue weighted by Gasteiger charge is 2.32. The van der Waals surface area contributed by atoms with Crippen molar-refractivity contribution in [3.05, 3.63) is 45.0 Å². The van der Waals surface area contributed by atoms with Gasteiger partial charge < -0.3 is 10.1 Å². The van der Waals surface area contributed by atoms with Crippen molar-refractivity contribution < 1.29 is 4.74 Å². The summed E-state index contributed by atoms with van der Waals surface area (Å²) in [5.41, 5.74) is 4.47. The minimum Gasteiger partial charge on any atom is -0.377 e. The normalized spacial score (nSPS) is 24.3. The summed E-state index contributed by atoms with van der Waals surface area (Å²) in [5.74, 6) is 2.70. The van der Waals surface area contributed by atoms with E-state index in [9.17, 15) is 4.79 Å². The van der Waals surface area contributed by atoms with Crippen LogP contribution in [0.5, 0.6) is 0 Å². The molecule has 7 nitrogen and oxygen atoms in total. The van der Waals surface area contributed by atoms with Crippen molar-refractivity contribution >= 4 is 17.6 Å². The predicted molar refractivity (Wildman–Crippen MR) is 99.7 cm³/mol. The van der Waals surface area contributed by atoms with E-state index in [1.165, 1.54) is 5.56 Å². The lowest BCUT2D eigenvalue weighted by Crippen LogP contribution is -2.38. The molecule has 0 radical (unpaired) electrons. The third-order valence-electron chi connectivity index (χ3n) is 5.38. The molecule has 26 heavy (non-hydrogen) atoms. The molecule has 1 N–H and O–H groups in total. The maximum absolute atomic E-state index is 12.6. The summed E-state index contributed by atoms with van der Waals surface area (Å²) in [6.07, 6.45) is 4.15. The first-order valence-electron chi connectivity index (χ1n) is 9.17. The summed E-state index contributed by atoms with van der Waals surface area (Å²) in [4.78, 5) is 12.6. The third-order valence-corrected chi connectivity index (χ3v) is 6.39. The second kappa shape index (κ2) is 6.66. The molecule has 0 spiro atoms. The summed E-state index contributed by atoms with van der Waals surface area (Å²) in [7, 11) is 0. The van der Waals surface area contributed by atoms with E-state index in [2.05, 4.69) is 26.7 Å². The third kappa shape index (κ3) is 2.91. The quantitative estimate of drug-likeness (QED) is 0.872. The van der Waals surface area contributed by atoms with Crippen LogP contribution in [0.15, 0.2) is 16.9 Å². The van der Waals surface area contributed by atoms with Gasteiger partial charge >= 0.3 is 0 Å². The van der Waals surface area contributed by atoms with E-state index < -0.39 is 0 Å². The van der Waals surface area contributed by atoms with E-state index in [0.29, 0.717) is 13.2 Å². The fourth-order valence-electron chi connectivity index (χ4n) is 3.98. The Kier molecular flexibility index (Phi) is 4.17. The first-order valence-corrected chi connectivity index (χ1v) is 10.3. The van der Waals surface area contributed by atoms with Gasteiger partial charge in [-0.3, -0.25) is 4.79 Å². The topological polar surface area (TPSA) is 81.9 Å². The van der Waals surface area contributed by atoms with E-state index in [1.54, 1.807) is 10.7 Å². The highest BCUT2D eigenvalue weighted by Crippen LogP contribution is 2.26. The van der Waals surface area contributed by atoms with Crippen LogP contribution in [0.4, 0.5) is 5.82 Å². The fraction of sp³-hybridized carbons (Fsp3) is 0.556. The zero-order valence-electron chi connectivity index (χ0n) is 14.5. The predicted octanol–water partition coefficient (Wildman–Crippen LogP) is 1.36. The Hall–Kier alpha value is -1.93. The molecule has 2 atom stereocenters. The maximum Gasteiger partial charge on any atom is 0.267 e. The van der Waals surface area contributed by atoms with Crippen LogP contribution >= 0.6 is 11.8 Å². The number of aryl methyl sites for hydroxylation is 3. The Morgan fingerprint density at radius 2 is 2.08 bits per heavy atom. The van der Waals surface area contributed by atoms with Crippen molar-refractivity contribution in [1.82, 2.24) is 20.0 Å². The van der Waals surface area contributed by atoms with Crippen molar-refractivity contribution in [3.8, 4) is 0 Å². The Bertz CT molecular complexity index is 900. The molecule has 2 aliphatic heterocycles. The van der Waals surface area contributed by atoms with E-state index in [0.717, 1.165) is 60.0 Å². The van der Waals surface area contributed by atoms with Crippen LogP contribution in [0.1, 0.15) is 35.0 Å². The summed E-state index contributed by atoms with van der Waals surface area (Å²) in [6.45, 7) is 1.01. The number of rotatable bonds is 3. The van der Waals surface area contributed by atoms with Crippen LogP contribution in [-0.4, -0.2) is 45.0 Å². The zero-order chi connectivity index (χ0) is 17.5. The highest BCUT2D eigenvalue weighted by molar-refractivity contribution is 7.98. The molecular weight excluding hydrogens is 350 g/mol. The number of thioether (sulfide) groups is 1. The van der Waals surface area contributed by atoms with Gasteiger partial charge in [-0.25, -0.2) is 4.68 Å². The minimum atomic E-state index is -0.127. The SMILES string of the molecule is O=c1cc2c(nn1C1COCC1Nc1cc3c(nn1)CCC3)CCSC2. The van der Waals surface area contributed by atoms with Gasteiger partial charge in [0, 0.05) is 18.2 Å². The van der Waals surface area contributed by atoms with Gasteiger partial charge in [-0.2, -0.15) is 22.0 Å². The molecule has 1 saturated heterocycles. The number of anilines is 1. The van der Waals surface area contributed by atoms with Gasteiger partial charge in [-0.15, -0.1) is 5.10 Å². The average Bonchev–Trinajstić information content (AvgIpc) is 3.30. The Labute approximate surface area is 155 Å². The molecule has 8 heteroatoms. The van der Waals surface area contributed by atoms with Crippen molar-refractivity contribution in [2.75, 3.05) is 24.3 Å². The molecule has 0 amide bonds. The lowest BCUT2D eigenvalue weighted by Gasteiger charge is -2.23. The van der Waals surface area contributed by atoms with Crippen LogP contribution in [0.3, 0.4) is 0 Å². The van der Waals surface area contributed by atoms with E-state index >= 15 is 0 Å². The molecule has 2 unspecified atom stereocenters. The molecule has 0 bridgehead atoms. The molecule has 0 saturated carbocycles. The number of fused-ring (bicyclic) bond motifs is 2. The van der Waals surface area contributed by atoms with Gasteiger partial charge in [0.15, 0.2) is 0 Å². The number of nitrogens with zero attached hydrogens (tertiary/aromatic N) is 4. The van der Waals surface area contributed by atoms with E-state index in [-0.39, 0.29) is 17.6 Å². The first-order chi connectivity index (χ1) is 12.8. The molecule has 2 aromatic heterocycles. The maximum atomic E-state index is 12.6. The van der Waals surface area contributed by atoms with Crippen LogP contribution in [-0.2, 0) is 29.8 Å². The Balaban J connectivity index is 1.41. The average molecular weight is 371 g/mol. The molecule has 2 aromatic rings. The van der Waals surface area contributed by atoms with Crippen molar-refractivity contribution in [1.29, 1.82) is 0 Å². The van der Waals surface area contributed by atoms with Gasteiger partial charge in [-0.1, -0.05) is 0 Å². The highest BCUT2D eigenvalue weighted by atomic mass is 32.2. The lowest BCUT2D eigenvalue weighted by atomic mass is 10.1. The van der Waals surface area contributed by atoms with Gasteiger partial charge in [0.05, 0.1) is 30.6 Å². The fourth-order valence-corrected chi connectivity index (χ4v) is 4.93. The van der Waals surface area contributed by atoms with Crippen LogP contribution in [0, 0.1) is 0 Å². The van der Waals surface area contributed by atoms with E-state index in [4.69, 9.17) is 4.74 Å². The standard InChI is InChI=1S/C18H21N5O2S/c24-18-7-12-10-26-5-4-14(12)22-23(18)16-9-25-8-15(16)19-17-6-11-2-1-3-13(11)20-21-17/h6-7,15-16H,1-5,8-10H2,(H,19,21). The summed E-state index contributed by atoms with van der Waals surface area (Å²) in [6, 6.07) is 3.67. The number of hydrogen-bond acceptors (Lipinski definition) is 7. The molecule has 1 fully saturated rings.